The van der Waals surface area contributed by atoms with Gasteiger partial charge in [0.2, 0.25) is 5.82 Å². The number of alkyl halides is 6. The van der Waals surface area contributed by atoms with E-state index in [4.69, 9.17) is 5.11 Å². The molecule has 0 amide bonds. The Morgan fingerprint density at radius 2 is 1.70 bits per heavy atom. The zero-order chi connectivity index (χ0) is 15.3. The Morgan fingerprint density at radius 1 is 1.10 bits per heavy atom. The Bertz CT molecular complexity index is 660. The highest BCUT2D eigenvalue weighted by molar-refractivity contribution is 9.10. The van der Waals surface area contributed by atoms with Crippen molar-refractivity contribution in [2.75, 3.05) is 0 Å². The van der Waals surface area contributed by atoms with Crippen LogP contribution in [0.15, 0.2) is 16.6 Å². The van der Waals surface area contributed by atoms with Gasteiger partial charge >= 0.3 is 12.4 Å². The monoisotopic (exact) mass is 362 g/mol. The van der Waals surface area contributed by atoms with Gasteiger partial charge in [-0.05, 0) is 12.1 Å². The third-order valence-corrected chi connectivity index (χ3v) is 3.19. The molecule has 0 unspecified atom stereocenters. The number of aromatic nitrogens is 2. The maximum Gasteiger partial charge on any atom is 0.449 e. The van der Waals surface area contributed by atoms with E-state index in [0.717, 1.165) is 6.07 Å². The van der Waals surface area contributed by atoms with E-state index in [-0.39, 0.29) is 5.52 Å². The van der Waals surface area contributed by atoms with Crippen LogP contribution in [0.1, 0.15) is 11.4 Å². The van der Waals surface area contributed by atoms with Gasteiger partial charge in [-0.1, -0.05) is 15.9 Å². The van der Waals surface area contributed by atoms with Crippen LogP contribution in [0, 0.1) is 0 Å². The van der Waals surface area contributed by atoms with Gasteiger partial charge < -0.3 is 5.11 Å². The fourth-order valence-corrected chi connectivity index (χ4v) is 2.28. The van der Waals surface area contributed by atoms with Gasteiger partial charge in [0.05, 0.1) is 16.6 Å². The van der Waals surface area contributed by atoms with Crippen molar-refractivity contribution in [3.05, 3.63) is 28.0 Å². The fourth-order valence-electron chi connectivity index (χ4n) is 1.72. The summed E-state index contributed by atoms with van der Waals surface area (Å²) in [7, 11) is 0. The van der Waals surface area contributed by atoms with E-state index in [1.54, 1.807) is 0 Å². The molecule has 0 aliphatic heterocycles. The second-order valence-corrected chi connectivity index (χ2v) is 4.68. The van der Waals surface area contributed by atoms with Gasteiger partial charge in [0.1, 0.15) is 6.73 Å². The smallest absolute Gasteiger partial charge is 0.376 e. The van der Waals surface area contributed by atoms with Crippen molar-refractivity contribution >= 4 is 27.0 Å². The highest BCUT2D eigenvalue weighted by Gasteiger charge is 2.39. The molecule has 20 heavy (non-hydrogen) atoms. The number of imidazole rings is 1. The molecule has 2 aromatic rings. The molecule has 1 aromatic carbocycles. The van der Waals surface area contributed by atoms with E-state index in [0.29, 0.717) is 10.6 Å². The minimum absolute atomic E-state index is 0.250. The molecule has 0 aliphatic rings. The number of aliphatic hydroxyl groups excluding tert-OH is 1. The van der Waals surface area contributed by atoms with Crippen molar-refractivity contribution in [1.82, 2.24) is 9.55 Å². The van der Waals surface area contributed by atoms with Crippen molar-refractivity contribution in [2.45, 2.75) is 19.1 Å². The summed E-state index contributed by atoms with van der Waals surface area (Å²) in [5, 5.41) is 8.97. The van der Waals surface area contributed by atoms with Crippen LogP contribution in [0.4, 0.5) is 26.3 Å². The summed E-state index contributed by atoms with van der Waals surface area (Å²) in [5.74, 6) is -1.46. The van der Waals surface area contributed by atoms with Crippen LogP contribution in [0.2, 0.25) is 0 Å². The Morgan fingerprint density at radius 3 is 2.15 bits per heavy atom. The average Bonchev–Trinajstić information content (AvgIpc) is 2.63. The molecular weight excluding hydrogens is 358 g/mol. The Kier molecular flexibility index (Phi) is 3.49. The van der Waals surface area contributed by atoms with E-state index in [9.17, 15) is 26.3 Å². The molecule has 0 fully saturated rings. The second-order valence-electron chi connectivity index (χ2n) is 3.82. The summed E-state index contributed by atoms with van der Waals surface area (Å²) >= 11 is 2.65. The lowest BCUT2D eigenvalue weighted by Gasteiger charge is -2.10. The van der Waals surface area contributed by atoms with Crippen LogP contribution in [0.3, 0.4) is 0 Å². The van der Waals surface area contributed by atoms with E-state index >= 15 is 0 Å². The summed E-state index contributed by atoms with van der Waals surface area (Å²) in [4.78, 5) is 3.13. The molecule has 3 nitrogen and oxygen atoms in total. The molecule has 1 aromatic heterocycles. The Labute approximate surface area is 116 Å². The summed E-state index contributed by atoms with van der Waals surface area (Å²) < 4.78 is 76.0. The molecule has 0 saturated carbocycles. The van der Waals surface area contributed by atoms with E-state index < -0.39 is 40.5 Å². The van der Waals surface area contributed by atoms with Gasteiger partial charge in [-0.25, -0.2) is 4.98 Å². The molecule has 0 atom stereocenters. The SMILES string of the molecule is OCn1c(C(F)(F)F)nc2cc(C(F)(F)F)c(Br)cc21. The van der Waals surface area contributed by atoms with Crippen molar-refractivity contribution in [3.8, 4) is 0 Å². The van der Waals surface area contributed by atoms with E-state index in [2.05, 4.69) is 20.9 Å². The first-order valence-corrected chi connectivity index (χ1v) is 5.80. The number of aliphatic hydroxyl groups is 1. The van der Waals surface area contributed by atoms with Gasteiger partial charge in [0.25, 0.3) is 0 Å². The van der Waals surface area contributed by atoms with Gasteiger partial charge in [-0.2, -0.15) is 26.3 Å². The second kappa shape index (κ2) is 4.62. The summed E-state index contributed by atoms with van der Waals surface area (Å²) in [5.41, 5.74) is -1.89. The normalized spacial score (nSPS) is 13.2. The van der Waals surface area contributed by atoms with Crippen LogP contribution in [-0.4, -0.2) is 14.7 Å². The molecule has 10 heteroatoms. The van der Waals surface area contributed by atoms with Gasteiger partial charge in [-0.15, -0.1) is 0 Å². The molecule has 2 rings (SSSR count). The van der Waals surface area contributed by atoms with Crippen LogP contribution in [0.25, 0.3) is 11.0 Å². The number of benzene rings is 1. The van der Waals surface area contributed by atoms with E-state index in [1.807, 2.05) is 0 Å². The first-order valence-electron chi connectivity index (χ1n) is 5.00. The topological polar surface area (TPSA) is 38.0 Å². The number of hydrogen-bond donors (Lipinski definition) is 1. The molecule has 0 aliphatic carbocycles. The number of hydrogen-bond acceptors (Lipinski definition) is 2. The number of halogens is 7. The Balaban J connectivity index is 2.79. The lowest BCUT2D eigenvalue weighted by Crippen LogP contribution is -2.14. The van der Waals surface area contributed by atoms with Crippen molar-refractivity contribution in [2.24, 2.45) is 0 Å². The molecule has 0 radical (unpaired) electrons. The molecule has 1 heterocycles. The predicted molar refractivity (Wildman–Crippen MR) is 59.7 cm³/mol. The zero-order valence-electron chi connectivity index (χ0n) is 9.35. The predicted octanol–water partition coefficient (Wildman–Crippen LogP) is 3.79. The van der Waals surface area contributed by atoms with Crippen molar-refractivity contribution < 1.29 is 31.4 Å². The van der Waals surface area contributed by atoms with E-state index in [1.165, 1.54) is 0 Å². The summed E-state index contributed by atoms with van der Waals surface area (Å²) in [6.07, 6.45) is -9.61. The maximum atomic E-state index is 12.7. The molecule has 0 spiro atoms. The van der Waals surface area contributed by atoms with Gasteiger partial charge in [0.15, 0.2) is 0 Å². The quantitative estimate of drug-likeness (QED) is 0.784. The van der Waals surface area contributed by atoms with Crippen LogP contribution < -0.4 is 0 Å². The van der Waals surface area contributed by atoms with Crippen molar-refractivity contribution in [1.29, 1.82) is 0 Å². The standard InChI is InChI=1S/C10H5BrF6N2O/c11-5-2-7-6(1-4(5)9(12,13)14)18-8(10(15,16)17)19(7)3-20/h1-2,20H,3H2. The lowest BCUT2D eigenvalue weighted by molar-refractivity contribution is -0.148. The largest absolute Gasteiger partial charge is 0.449 e. The Hall–Kier alpha value is -1.29. The third-order valence-electron chi connectivity index (χ3n) is 2.54. The zero-order valence-corrected chi connectivity index (χ0v) is 10.9. The summed E-state index contributed by atoms with van der Waals surface area (Å²) in [6.45, 7) is -1.05. The number of rotatable bonds is 1. The van der Waals surface area contributed by atoms with Crippen LogP contribution >= 0.6 is 15.9 Å². The minimum Gasteiger partial charge on any atom is -0.376 e. The van der Waals surface area contributed by atoms with Crippen LogP contribution in [0.5, 0.6) is 0 Å². The highest BCUT2D eigenvalue weighted by atomic mass is 79.9. The molecule has 1 N–H and O–H groups in total. The third kappa shape index (κ3) is 2.49. The summed E-state index contributed by atoms with van der Waals surface area (Å²) in [6, 6.07) is 1.34. The molecule has 0 saturated heterocycles. The average molecular weight is 363 g/mol. The number of fused-ring (bicyclic) bond motifs is 1. The van der Waals surface area contributed by atoms with Gasteiger partial charge in [0, 0.05) is 4.47 Å². The molecule has 0 bridgehead atoms. The number of nitrogens with zero attached hydrogens (tertiary/aromatic N) is 2. The molecule has 110 valence electrons. The first-order chi connectivity index (χ1) is 9.05. The van der Waals surface area contributed by atoms with Crippen LogP contribution in [-0.2, 0) is 19.1 Å². The lowest BCUT2D eigenvalue weighted by atomic mass is 10.2. The fraction of sp³-hybridized carbons (Fsp3) is 0.300. The van der Waals surface area contributed by atoms with Gasteiger partial charge in [-0.3, -0.25) is 4.57 Å². The first kappa shape index (κ1) is 15.1. The highest BCUT2D eigenvalue weighted by Crippen LogP contribution is 2.39. The molecular formula is C10H5BrF6N2O. The van der Waals surface area contributed by atoms with Crippen molar-refractivity contribution in [3.63, 3.8) is 0 Å². The minimum atomic E-state index is -4.88. The maximum absolute atomic E-state index is 12.7.